The van der Waals surface area contributed by atoms with Crippen LogP contribution in [0.4, 0.5) is 10.5 Å². The van der Waals surface area contributed by atoms with E-state index < -0.39 is 11.9 Å². The highest BCUT2D eigenvalue weighted by Gasteiger charge is 2.15. The van der Waals surface area contributed by atoms with E-state index in [1.807, 2.05) is 0 Å². The second kappa shape index (κ2) is 9.33. The molecule has 3 aromatic rings. The van der Waals surface area contributed by atoms with Gasteiger partial charge in [0, 0.05) is 11.8 Å². The van der Waals surface area contributed by atoms with Crippen molar-refractivity contribution >= 4 is 64.0 Å². The maximum absolute atomic E-state index is 12.1. The molecule has 0 aliphatic rings. The fourth-order valence-electron chi connectivity index (χ4n) is 2.23. The molecule has 0 atom stereocenters. The minimum atomic E-state index is -0.738. The van der Waals surface area contributed by atoms with E-state index in [0.29, 0.717) is 11.4 Å². The average molecular weight is 471 g/mol. The monoisotopic (exact) mass is 469 g/mol. The fourth-order valence-corrected chi connectivity index (χ4v) is 2.96. The number of rotatable bonds is 4. The molecule has 0 saturated heterocycles. The average Bonchev–Trinajstić information content (AvgIpc) is 2.69. The van der Waals surface area contributed by atoms with Crippen molar-refractivity contribution in [2.24, 2.45) is 0 Å². The van der Waals surface area contributed by atoms with Crippen molar-refractivity contribution in [3.05, 3.63) is 80.4 Å². The smallest absolute Gasteiger partial charge is 0.326 e. The number of aromatic nitrogens is 1. The Hall–Kier alpha value is -2.51. The van der Waals surface area contributed by atoms with Gasteiger partial charge in [-0.25, -0.2) is 9.78 Å². The van der Waals surface area contributed by atoms with Crippen LogP contribution in [0.2, 0.25) is 20.1 Å². The summed E-state index contributed by atoms with van der Waals surface area (Å²) in [7, 11) is 0. The number of halogens is 4. The first-order valence-electron chi connectivity index (χ1n) is 7.99. The standard InChI is InChI=1S/C19H11Cl4N3O3/c20-13-7-2-1-6-12(13)17(27)26-19(28)25-10-4-3-5-11(8-10)29-18-16(23)15(22)14(21)9-24-18/h1-9H,(H2,25,26,27,28). The Morgan fingerprint density at radius 1 is 0.897 bits per heavy atom. The number of nitrogens with zero attached hydrogens (tertiary/aromatic N) is 1. The van der Waals surface area contributed by atoms with Crippen LogP contribution in [0.3, 0.4) is 0 Å². The van der Waals surface area contributed by atoms with Crippen molar-refractivity contribution in [2.45, 2.75) is 0 Å². The molecule has 0 aliphatic heterocycles. The molecular formula is C19H11Cl4N3O3. The lowest BCUT2D eigenvalue weighted by atomic mass is 10.2. The molecule has 0 saturated carbocycles. The largest absolute Gasteiger partial charge is 0.437 e. The molecule has 1 aromatic heterocycles. The summed E-state index contributed by atoms with van der Waals surface area (Å²) in [5.41, 5.74) is 0.546. The van der Waals surface area contributed by atoms with Gasteiger partial charge in [-0.05, 0) is 24.3 Å². The molecule has 0 aliphatic carbocycles. The van der Waals surface area contributed by atoms with Gasteiger partial charge in [-0.3, -0.25) is 10.1 Å². The number of hydrogen-bond acceptors (Lipinski definition) is 4. The number of nitrogens with one attached hydrogen (secondary N) is 2. The van der Waals surface area contributed by atoms with Crippen LogP contribution in [-0.4, -0.2) is 16.9 Å². The van der Waals surface area contributed by atoms with Gasteiger partial charge in [-0.2, -0.15) is 0 Å². The molecule has 3 amide bonds. The molecule has 3 rings (SSSR count). The molecule has 10 heteroatoms. The Bertz CT molecular complexity index is 1090. The topological polar surface area (TPSA) is 80.3 Å². The zero-order valence-electron chi connectivity index (χ0n) is 14.4. The van der Waals surface area contributed by atoms with Crippen LogP contribution in [0.15, 0.2) is 54.7 Å². The van der Waals surface area contributed by atoms with Crippen molar-refractivity contribution < 1.29 is 14.3 Å². The van der Waals surface area contributed by atoms with Crippen LogP contribution >= 0.6 is 46.4 Å². The minimum Gasteiger partial charge on any atom is -0.437 e. The van der Waals surface area contributed by atoms with Crippen molar-refractivity contribution in [3.63, 3.8) is 0 Å². The first kappa shape index (κ1) is 21.2. The molecule has 29 heavy (non-hydrogen) atoms. The van der Waals surface area contributed by atoms with E-state index in [1.165, 1.54) is 18.3 Å². The van der Waals surface area contributed by atoms with Gasteiger partial charge in [0.15, 0.2) is 0 Å². The Kier molecular flexibility index (Phi) is 6.82. The first-order chi connectivity index (χ1) is 13.8. The predicted molar refractivity (Wildman–Crippen MR) is 114 cm³/mol. The molecule has 6 nitrogen and oxygen atoms in total. The molecular weight excluding hydrogens is 460 g/mol. The van der Waals surface area contributed by atoms with Gasteiger partial charge in [0.2, 0.25) is 5.88 Å². The normalized spacial score (nSPS) is 10.3. The van der Waals surface area contributed by atoms with Gasteiger partial charge in [-0.15, -0.1) is 0 Å². The van der Waals surface area contributed by atoms with Crippen LogP contribution < -0.4 is 15.4 Å². The summed E-state index contributed by atoms with van der Waals surface area (Å²) in [4.78, 5) is 28.2. The molecule has 2 aromatic carbocycles. The highest BCUT2D eigenvalue weighted by atomic mass is 35.5. The van der Waals surface area contributed by atoms with Gasteiger partial charge < -0.3 is 10.1 Å². The molecule has 0 spiro atoms. The molecule has 2 N–H and O–H groups in total. The number of carbonyl (C=O) groups is 2. The lowest BCUT2D eigenvalue weighted by Gasteiger charge is -2.11. The van der Waals surface area contributed by atoms with Gasteiger partial charge in [-0.1, -0.05) is 64.6 Å². The fraction of sp³-hybridized carbons (Fsp3) is 0. The van der Waals surface area contributed by atoms with Crippen LogP contribution in [0.1, 0.15) is 10.4 Å². The number of hydrogen-bond donors (Lipinski definition) is 2. The number of urea groups is 1. The lowest BCUT2D eigenvalue weighted by molar-refractivity contribution is 0.0967. The molecule has 0 radical (unpaired) electrons. The number of benzene rings is 2. The Labute approximate surface area is 185 Å². The van der Waals surface area contributed by atoms with Crippen molar-refractivity contribution in [1.82, 2.24) is 10.3 Å². The van der Waals surface area contributed by atoms with Crippen LogP contribution in [0.5, 0.6) is 11.6 Å². The summed E-state index contributed by atoms with van der Waals surface area (Å²) in [5.74, 6) is -0.253. The zero-order valence-corrected chi connectivity index (χ0v) is 17.4. The van der Waals surface area contributed by atoms with E-state index in [2.05, 4.69) is 15.6 Å². The molecule has 0 unspecified atom stereocenters. The number of anilines is 1. The lowest BCUT2D eigenvalue weighted by Crippen LogP contribution is -2.34. The van der Waals surface area contributed by atoms with Crippen LogP contribution in [0, 0.1) is 0 Å². The highest BCUT2D eigenvalue weighted by Crippen LogP contribution is 2.37. The Balaban J connectivity index is 1.68. The number of ether oxygens (including phenoxy) is 1. The maximum Gasteiger partial charge on any atom is 0.326 e. The van der Waals surface area contributed by atoms with Crippen molar-refractivity contribution in [1.29, 1.82) is 0 Å². The summed E-state index contributed by atoms with van der Waals surface area (Å²) >= 11 is 23.8. The van der Waals surface area contributed by atoms with Crippen LogP contribution in [0.25, 0.3) is 0 Å². The summed E-state index contributed by atoms with van der Waals surface area (Å²) in [6, 6.07) is 12.0. The summed E-state index contributed by atoms with van der Waals surface area (Å²) in [5, 5.41) is 5.33. The van der Waals surface area contributed by atoms with Gasteiger partial charge in [0.25, 0.3) is 5.91 Å². The van der Waals surface area contributed by atoms with Crippen molar-refractivity contribution in [3.8, 4) is 11.6 Å². The molecule has 1 heterocycles. The summed E-state index contributed by atoms with van der Waals surface area (Å²) < 4.78 is 5.59. The van der Waals surface area contributed by atoms with Crippen molar-refractivity contribution in [2.75, 3.05) is 5.32 Å². The number of carbonyl (C=O) groups excluding carboxylic acids is 2. The van der Waals surface area contributed by atoms with E-state index in [-0.39, 0.29) is 31.5 Å². The van der Waals surface area contributed by atoms with E-state index in [4.69, 9.17) is 51.1 Å². The quantitative estimate of drug-likeness (QED) is 0.459. The SMILES string of the molecule is O=C(NC(=O)c1ccccc1Cl)Nc1cccc(Oc2ncc(Cl)c(Cl)c2Cl)c1. The van der Waals surface area contributed by atoms with E-state index in [9.17, 15) is 9.59 Å². The Morgan fingerprint density at radius 2 is 1.66 bits per heavy atom. The third kappa shape index (κ3) is 5.31. The number of amides is 3. The minimum absolute atomic E-state index is 0.0524. The first-order valence-corrected chi connectivity index (χ1v) is 9.50. The van der Waals surface area contributed by atoms with E-state index >= 15 is 0 Å². The highest BCUT2D eigenvalue weighted by molar-refractivity contribution is 6.48. The number of pyridine rings is 1. The molecule has 0 fully saturated rings. The molecule has 0 bridgehead atoms. The zero-order chi connectivity index (χ0) is 21.0. The third-order valence-electron chi connectivity index (χ3n) is 3.54. The second-order valence-electron chi connectivity index (χ2n) is 5.56. The van der Waals surface area contributed by atoms with Gasteiger partial charge >= 0.3 is 6.03 Å². The van der Waals surface area contributed by atoms with E-state index in [0.717, 1.165) is 0 Å². The van der Waals surface area contributed by atoms with Crippen LogP contribution in [-0.2, 0) is 0 Å². The molecule has 148 valence electrons. The number of imide groups is 1. The van der Waals surface area contributed by atoms with Gasteiger partial charge in [0.05, 0.1) is 26.8 Å². The second-order valence-corrected chi connectivity index (χ2v) is 7.13. The predicted octanol–water partition coefficient (Wildman–Crippen LogP) is 6.45. The maximum atomic E-state index is 12.1. The summed E-state index contributed by atoms with van der Waals surface area (Å²) in [6.45, 7) is 0. The van der Waals surface area contributed by atoms with E-state index in [1.54, 1.807) is 36.4 Å². The Morgan fingerprint density at radius 3 is 2.41 bits per heavy atom. The summed E-state index contributed by atoms with van der Waals surface area (Å²) in [6.07, 6.45) is 1.31. The third-order valence-corrected chi connectivity index (χ3v) is 5.09. The van der Waals surface area contributed by atoms with Gasteiger partial charge in [0.1, 0.15) is 10.8 Å².